The number of aromatic nitrogens is 2. The van der Waals surface area contributed by atoms with Crippen LogP contribution in [0, 0.1) is 6.92 Å². The van der Waals surface area contributed by atoms with Gasteiger partial charge in [0.15, 0.2) is 0 Å². The SMILES string of the molecule is Cc1nsc(N2CCC3(CC2)NC(=O)N(C)C3=O)n1. The summed E-state index contributed by atoms with van der Waals surface area (Å²) in [4.78, 5) is 31.4. The van der Waals surface area contributed by atoms with Gasteiger partial charge < -0.3 is 10.2 Å². The van der Waals surface area contributed by atoms with Gasteiger partial charge in [0.05, 0.1) is 0 Å². The highest BCUT2D eigenvalue weighted by Crippen LogP contribution is 2.31. The molecule has 0 aromatic carbocycles. The summed E-state index contributed by atoms with van der Waals surface area (Å²) in [5, 5.41) is 3.71. The van der Waals surface area contributed by atoms with Gasteiger partial charge in [-0.3, -0.25) is 9.69 Å². The minimum atomic E-state index is -0.706. The van der Waals surface area contributed by atoms with Crippen LogP contribution in [0.5, 0.6) is 0 Å². The number of rotatable bonds is 1. The molecule has 2 fully saturated rings. The van der Waals surface area contributed by atoms with E-state index in [2.05, 4.69) is 19.6 Å². The van der Waals surface area contributed by atoms with Gasteiger partial charge in [-0.1, -0.05) is 0 Å². The maximum Gasteiger partial charge on any atom is 0.324 e. The monoisotopic (exact) mass is 281 g/mol. The van der Waals surface area contributed by atoms with Crippen molar-refractivity contribution in [1.82, 2.24) is 19.6 Å². The van der Waals surface area contributed by atoms with E-state index in [0.717, 1.165) is 11.0 Å². The van der Waals surface area contributed by atoms with Crippen LogP contribution in [0.4, 0.5) is 9.93 Å². The molecule has 1 aromatic heterocycles. The predicted octanol–water partition coefficient (Wildman–Crippen LogP) is 0.367. The third kappa shape index (κ3) is 1.86. The number of anilines is 1. The summed E-state index contributed by atoms with van der Waals surface area (Å²) in [5.41, 5.74) is -0.706. The molecule has 1 N–H and O–H groups in total. The summed E-state index contributed by atoms with van der Waals surface area (Å²) >= 11 is 1.37. The van der Waals surface area contributed by atoms with Gasteiger partial charge in [-0.25, -0.2) is 9.78 Å². The lowest BCUT2D eigenvalue weighted by Gasteiger charge is -2.36. The number of likely N-dealkylation sites (N-methyl/N-ethyl adjacent to an activating group) is 1. The number of urea groups is 1. The van der Waals surface area contributed by atoms with Crippen LogP contribution in [0.3, 0.4) is 0 Å². The van der Waals surface area contributed by atoms with Crippen molar-refractivity contribution in [1.29, 1.82) is 0 Å². The Balaban J connectivity index is 1.73. The lowest BCUT2D eigenvalue weighted by molar-refractivity contribution is -0.131. The van der Waals surface area contributed by atoms with E-state index in [1.807, 2.05) is 6.92 Å². The van der Waals surface area contributed by atoms with Gasteiger partial charge in [-0.05, 0) is 19.8 Å². The average Bonchev–Trinajstić information content (AvgIpc) is 2.91. The van der Waals surface area contributed by atoms with E-state index < -0.39 is 5.54 Å². The Morgan fingerprint density at radius 2 is 2.00 bits per heavy atom. The van der Waals surface area contributed by atoms with Gasteiger partial charge in [0, 0.05) is 31.7 Å². The van der Waals surface area contributed by atoms with Gasteiger partial charge >= 0.3 is 6.03 Å². The van der Waals surface area contributed by atoms with E-state index >= 15 is 0 Å². The molecule has 0 bridgehead atoms. The highest BCUT2D eigenvalue weighted by molar-refractivity contribution is 7.09. The molecule has 0 aliphatic carbocycles. The van der Waals surface area contributed by atoms with Gasteiger partial charge in [0.2, 0.25) is 5.13 Å². The van der Waals surface area contributed by atoms with Crippen molar-refractivity contribution in [2.45, 2.75) is 25.3 Å². The molecule has 8 heteroatoms. The van der Waals surface area contributed by atoms with Crippen LogP contribution in [-0.4, -0.2) is 51.9 Å². The summed E-state index contributed by atoms with van der Waals surface area (Å²) < 4.78 is 4.16. The summed E-state index contributed by atoms with van der Waals surface area (Å²) in [6, 6.07) is -0.301. The highest BCUT2D eigenvalue weighted by atomic mass is 32.1. The van der Waals surface area contributed by atoms with Crippen LogP contribution >= 0.6 is 11.5 Å². The summed E-state index contributed by atoms with van der Waals surface area (Å²) in [6.45, 7) is 3.27. The number of nitrogens with one attached hydrogen (secondary N) is 1. The standard InChI is InChI=1S/C11H15N5O2S/c1-7-12-10(19-14-7)16-5-3-11(4-6-16)8(17)15(2)9(18)13-11/h3-6H2,1-2H3,(H,13,18). The van der Waals surface area contributed by atoms with Crippen molar-refractivity contribution in [3.05, 3.63) is 5.82 Å². The predicted molar refractivity (Wildman–Crippen MR) is 70.1 cm³/mol. The first-order valence-corrected chi connectivity index (χ1v) is 6.95. The average molecular weight is 281 g/mol. The van der Waals surface area contributed by atoms with Gasteiger partial charge in [0.25, 0.3) is 5.91 Å². The van der Waals surface area contributed by atoms with Gasteiger partial charge in [-0.2, -0.15) is 4.37 Å². The first-order valence-electron chi connectivity index (χ1n) is 6.17. The van der Waals surface area contributed by atoms with Gasteiger partial charge in [0.1, 0.15) is 11.4 Å². The number of amides is 3. The number of nitrogens with zero attached hydrogens (tertiary/aromatic N) is 4. The van der Waals surface area contributed by atoms with Crippen LogP contribution in [0.15, 0.2) is 0 Å². The van der Waals surface area contributed by atoms with Crippen molar-refractivity contribution in [2.24, 2.45) is 0 Å². The summed E-state index contributed by atoms with van der Waals surface area (Å²) in [5.74, 6) is 0.649. The first-order chi connectivity index (χ1) is 9.02. The zero-order valence-electron chi connectivity index (χ0n) is 10.8. The minimum absolute atomic E-state index is 0.120. The van der Waals surface area contributed by atoms with E-state index in [0.29, 0.717) is 25.9 Å². The van der Waals surface area contributed by atoms with Crippen LogP contribution in [0.2, 0.25) is 0 Å². The third-order valence-corrected chi connectivity index (χ3v) is 4.64. The van der Waals surface area contributed by atoms with E-state index in [9.17, 15) is 9.59 Å². The largest absolute Gasteiger partial charge is 0.347 e. The van der Waals surface area contributed by atoms with E-state index in [1.54, 1.807) is 0 Å². The van der Waals surface area contributed by atoms with E-state index in [-0.39, 0.29) is 11.9 Å². The fourth-order valence-electron chi connectivity index (χ4n) is 2.59. The molecule has 7 nitrogen and oxygen atoms in total. The molecule has 1 aromatic rings. The van der Waals surface area contributed by atoms with Crippen molar-refractivity contribution < 1.29 is 9.59 Å². The molecule has 0 saturated carbocycles. The molecule has 102 valence electrons. The van der Waals surface area contributed by atoms with Crippen LogP contribution in [0.1, 0.15) is 18.7 Å². The molecule has 1 spiro atoms. The third-order valence-electron chi connectivity index (χ3n) is 3.77. The number of aryl methyl sites for hydroxylation is 1. The maximum atomic E-state index is 12.1. The molecule has 3 heterocycles. The number of imide groups is 1. The fraction of sp³-hybridized carbons (Fsp3) is 0.636. The normalized spacial score (nSPS) is 22.2. The van der Waals surface area contributed by atoms with Crippen molar-refractivity contribution in [3.63, 3.8) is 0 Å². The summed E-state index contributed by atoms with van der Waals surface area (Å²) in [7, 11) is 1.52. The fourth-order valence-corrected chi connectivity index (χ4v) is 3.31. The lowest BCUT2D eigenvalue weighted by atomic mass is 9.88. The Morgan fingerprint density at radius 3 is 2.47 bits per heavy atom. The molecule has 3 amide bonds. The van der Waals surface area contributed by atoms with E-state index in [4.69, 9.17) is 0 Å². The first kappa shape index (κ1) is 12.3. The number of piperidine rings is 1. The Kier molecular flexibility index (Phi) is 2.70. The van der Waals surface area contributed by atoms with Gasteiger partial charge in [-0.15, -0.1) is 0 Å². The van der Waals surface area contributed by atoms with E-state index in [1.165, 1.54) is 23.5 Å². The molecular weight excluding hydrogens is 266 g/mol. The van der Waals surface area contributed by atoms with Crippen molar-refractivity contribution >= 4 is 28.6 Å². The molecule has 2 aliphatic rings. The molecule has 2 aliphatic heterocycles. The van der Waals surface area contributed by atoms with Crippen LogP contribution < -0.4 is 10.2 Å². The Bertz CT molecular complexity index is 535. The van der Waals surface area contributed by atoms with Crippen molar-refractivity contribution in [2.75, 3.05) is 25.0 Å². The molecule has 2 saturated heterocycles. The summed E-state index contributed by atoms with van der Waals surface area (Å²) in [6.07, 6.45) is 1.22. The Labute approximate surface area is 114 Å². The number of hydrogen-bond acceptors (Lipinski definition) is 6. The molecular formula is C11H15N5O2S. The quantitative estimate of drug-likeness (QED) is 0.752. The molecule has 0 atom stereocenters. The second-order valence-corrected chi connectivity index (χ2v) is 5.72. The van der Waals surface area contributed by atoms with Crippen LogP contribution in [0.25, 0.3) is 0 Å². The molecule has 3 rings (SSSR count). The smallest absolute Gasteiger partial charge is 0.324 e. The zero-order valence-corrected chi connectivity index (χ0v) is 11.7. The Morgan fingerprint density at radius 1 is 1.32 bits per heavy atom. The van der Waals surface area contributed by atoms with Crippen molar-refractivity contribution in [3.8, 4) is 0 Å². The van der Waals surface area contributed by atoms with Crippen LogP contribution in [-0.2, 0) is 4.79 Å². The molecule has 0 radical (unpaired) electrons. The minimum Gasteiger partial charge on any atom is -0.347 e. The second-order valence-electron chi connectivity index (χ2n) is 4.99. The maximum absolute atomic E-state index is 12.1. The number of carbonyl (C=O) groups excluding carboxylic acids is 2. The number of carbonyl (C=O) groups is 2. The zero-order chi connectivity index (χ0) is 13.6. The Hall–Kier alpha value is -1.70. The topological polar surface area (TPSA) is 78.4 Å². The molecule has 19 heavy (non-hydrogen) atoms. The number of hydrogen-bond donors (Lipinski definition) is 1. The highest BCUT2D eigenvalue weighted by Gasteiger charge is 2.51. The second kappa shape index (κ2) is 4.16. The lowest BCUT2D eigenvalue weighted by Crippen LogP contribution is -2.54. The molecule has 0 unspecified atom stereocenters.